The Morgan fingerprint density at radius 1 is 1.25 bits per heavy atom. The lowest BCUT2D eigenvalue weighted by atomic mass is 10.0. The van der Waals surface area contributed by atoms with Crippen molar-refractivity contribution in [2.75, 3.05) is 4.90 Å². The van der Waals surface area contributed by atoms with Gasteiger partial charge in [0.05, 0.1) is 6.61 Å². The highest BCUT2D eigenvalue weighted by Crippen LogP contribution is 2.27. The maximum Gasteiger partial charge on any atom is 0.0682 e. The minimum Gasteiger partial charge on any atom is -0.392 e. The van der Waals surface area contributed by atoms with Gasteiger partial charge in [0.25, 0.3) is 0 Å². The fourth-order valence-electron chi connectivity index (χ4n) is 2.26. The Hall–Kier alpha value is -1.02. The van der Waals surface area contributed by atoms with Gasteiger partial charge >= 0.3 is 0 Å². The summed E-state index contributed by atoms with van der Waals surface area (Å²) in [4.78, 5) is 2.37. The van der Waals surface area contributed by atoms with Gasteiger partial charge in [-0.1, -0.05) is 12.1 Å². The number of aliphatic hydroxyl groups is 1. The van der Waals surface area contributed by atoms with Crippen molar-refractivity contribution in [2.45, 2.75) is 52.8 Å². The van der Waals surface area contributed by atoms with E-state index in [0.29, 0.717) is 6.04 Å². The number of aliphatic hydroxyl groups excluding tert-OH is 1. The van der Waals surface area contributed by atoms with Crippen molar-refractivity contribution in [1.29, 1.82) is 0 Å². The van der Waals surface area contributed by atoms with Crippen molar-refractivity contribution in [3.63, 3.8) is 0 Å². The van der Waals surface area contributed by atoms with Gasteiger partial charge in [0.1, 0.15) is 0 Å². The lowest BCUT2D eigenvalue weighted by Crippen LogP contribution is -2.46. The van der Waals surface area contributed by atoms with Gasteiger partial charge < -0.3 is 10.0 Å². The maximum absolute atomic E-state index is 9.17. The molecule has 0 aliphatic carbocycles. The molecule has 0 fully saturated rings. The molecular weight excluding hydrogens is 198 g/mol. The third kappa shape index (κ3) is 2.99. The van der Waals surface area contributed by atoms with Crippen LogP contribution in [0.4, 0.5) is 5.69 Å². The lowest BCUT2D eigenvalue weighted by Gasteiger charge is -2.41. The normalized spacial score (nSPS) is 11.9. The molecule has 2 nitrogen and oxygen atoms in total. The van der Waals surface area contributed by atoms with E-state index in [1.165, 1.54) is 5.69 Å². The molecule has 1 aromatic carbocycles. The van der Waals surface area contributed by atoms with E-state index in [0.717, 1.165) is 5.56 Å². The molecule has 0 atom stereocenters. The van der Waals surface area contributed by atoms with Gasteiger partial charge in [-0.15, -0.1) is 0 Å². The summed E-state index contributed by atoms with van der Waals surface area (Å²) >= 11 is 0. The standard InChI is InChI=1S/C14H23NO/c1-11(2)15(14(3,4)5)13-8-6-7-12(9-13)10-16/h6-9,11,16H,10H2,1-5H3. The smallest absolute Gasteiger partial charge is 0.0682 e. The van der Waals surface area contributed by atoms with E-state index in [1.54, 1.807) is 0 Å². The van der Waals surface area contributed by atoms with Crippen LogP contribution in [0.15, 0.2) is 24.3 Å². The van der Waals surface area contributed by atoms with Crippen molar-refractivity contribution < 1.29 is 5.11 Å². The monoisotopic (exact) mass is 221 g/mol. The number of nitrogens with zero attached hydrogens (tertiary/aromatic N) is 1. The first-order valence-electron chi connectivity index (χ1n) is 5.85. The van der Waals surface area contributed by atoms with Gasteiger partial charge in [-0.2, -0.15) is 0 Å². The second-order valence-corrected chi connectivity index (χ2v) is 5.46. The molecule has 1 aromatic rings. The molecule has 0 radical (unpaired) electrons. The first-order valence-corrected chi connectivity index (χ1v) is 5.85. The molecule has 1 rings (SSSR count). The Kier molecular flexibility index (Phi) is 3.98. The van der Waals surface area contributed by atoms with Crippen LogP contribution in [0.5, 0.6) is 0 Å². The Labute approximate surface area is 98.9 Å². The summed E-state index contributed by atoms with van der Waals surface area (Å²) in [6.45, 7) is 11.1. The molecule has 0 saturated carbocycles. The quantitative estimate of drug-likeness (QED) is 0.847. The zero-order valence-corrected chi connectivity index (χ0v) is 11.0. The topological polar surface area (TPSA) is 23.5 Å². The average molecular weight is 221 g/mol. The Morgan fingerprint density at radius 2 is 1.88 bits per heavy atom. The fourth-order valence-corrected chi connectivity index (χ4v) is 2.26. The van der Waals surface area contributed by atoms with E-state index in [-0.39, 0.29) is 12.1 Å². The Balaban J connectivity index is 3.11. The summed E-state index contributed by atoms with van der Waals surface area (Å²) in [7, 11) is 0. The van der Waals surface area contributed by atoms with E-state index in [9.17, 15) is 0 Å². The van der Waals surface area contributed by atoms with E-state index >= 15 is 0 Å². The number of anilines is 1. The van der Waals surface area contributed by atoms with E-state index < -0.39 is 0 Å². The highest BCUT2D eigenvalue weighted by molar-refractivity contribution is 5.51. The van der Waals surface area contributed by atoms with E-state index in [4.69, 9.17) is 5.11 Å². The van der Waals surface area contributed by atoms with Gasteiger partial charge in [0, 0.05) is 17.3 Å². The van der Waals surface area contributed by atoms with Crippen LogP contribution in [0.3, 0.4) is 0 Å². The molecule has 2 heteroatoms. The number of benzene rings is 1. The zero-order chi connectivity index (χ0) is 12.3. The van der Waals surface area contributed by atoms with Gasteiger partial charge in [0.15, 0.2) is 0 Å². The molecule has 0 aromatic heterocycles. The highest BCUT2D eigenvalue weighted by atomic mass is 16.3. The molecule has 0 unspecified atom stereocenters. The Bertz CT molecular complexity index is 339. The van der Waals surface area contributed by atoms with Crippen LogP contribution in [0, 0.1) is 0 Å². The zero-order valence-electron chi connectivity index (χ0n) is 11.0. The molecule has 1 N–H and O–H groups in total. The van der Waals surface area contributed by atoms with Crippen LogP contribution in [0.1, 0.15) is 40.2 Å². The van der Waals surface area contributed by atoms with Crippen molar-refractivity contribution in [2.24, 2.45) is 0 Å². The second-order valence-electron chi connectivity index (χ2n) is 5.46. The van der Waals surface area contributed by atoms with Gasteiger partial charge in [0.2, 0.25) is 0 Å². The van der Waals surface area contributed by atoms with E-state index in [2.05, 4.69) is 51.7 Å². The first-order chi connectivity index (χ1) is 7.36. The van der Waals surface area contributed by atoms with Crippen molar-refractivity contribution in [3.8, 4) is 0 Å². The first kappa shape index (κ1) is 13.0. The molecule has 16 heavy (non-hydrogen) atoms. The largest absolute Gasteiger partial charge is 0.392 e. The van der Waals surface area contributed by atoms with Gasteiger partial charge in [-0.05, 0) is 52.3 Å². The SMILES string of the molecule is CC(C)N(c1cccc(CO)c1)C(C)(C)C. The summed E-state index contributed by atoms with van der Waals surface area (Å²) in [6.07, 6.45) is 0. The van der Waals surface area contributed by atoms with Gasteiger partial charge in [-0.3, -0.25) is 0 Å². The summed E-state index contributed by atoms with van der Waals surface area (Å²) in [5.41, 5.74) is 2.23. The van der Waals surface area contributed by atoms with Crippen LogP contribution in [0.2, 0.25) is 0 Å². The predicted octanol–water partition coefficient (Wildman–Crippen LogP) is 3.19. The summed E-state index contributed by atoms with van der Waals surface area (Å²) in [5.74, 6) is 0. The van der Waals surface area contributed by atoms with Crippen molar-refractivity contribution >= 4 is 5.69 Å². The molecule has 0 bridgehead atoms. The average Bonchev–Trinajstić information content (AvgIpc) is 2.15. The van der Waals surface area contributed by atoms with Crippen molar-refractivity contribution in [3.05, 3.63) is 29.8 Å². The molecule has 90 valence electrons. The highest BCUT2D eigenvalue weighted by Gasteiger charge is 2.24. The number of rotatable bonds is 3. The van der Waals surface area contributed by atoms with Crippen LogP contribution in [-0.2, 0) is 6.61 Å². The third-order valence-corrected chi connectivity index (χ3v) is 2.61. The van der Waals surface area contributed by atoms with Crippen LogP contribution >= 0.6 is 0 Å². The minimum atomic E-state index is 0.0856. The molecule has 0 saturated heterocycles. The van der Waals surface area contributed by atoms with E-state index in [1.807, 2.05) is 12.1 Å². The molecule has 0 amide bonds. The second kappa shape index (κ2) is 4.88. The predicted molar refractivity (Wildman–Crippen MR) is 69.7 cm³/mol. The summed E-state index contributed by atoms with van der Waals surface area (Å²) in [5, 5.41) is 9.17. The van der Waals surface area contributed by atoms with Crippen molar-refractivity contribution in [1.82, 2.24) is 0 Å². The van der Waals surface area contributed by atoms with Crippen LogP contribution < -0.4 is 4.90 Å². The summed E-state index contributed by atoms with van der Waals surface area (Å²) in [6, 6.07) is 8.55. The molecule has 0 aliphatic heterocycles. The van der Waals surface area contributed by atoms with Crippen LogP contribution in [0.25, 0.3) is 0 Å². The van der Waals surface area contributed by atoms with Crippen LogP contribution in [-0.4, -0.2) is 16.7 Å². The fraction of sp³-hybridized carbons (Fsp3) is 0.571. The molecular formula is C14H23NO. The molecule has 0 heterocycles. The minimum absolute atomic E-state index is 0.0856. The Morgan fingerprint density at radius 3 is 2.31 bits per heavy atom. The maximum atomic E-state index is 9.17. The number of hydrogen-bond acceptors (Lipinski definition) is 2. The molecule has 0 spiro atoms. The number of hydrogen-bond donors (Lipinski definition) is 1. The summed E-state index contributed by atoms with van der Waals surface area (Å²) < 4.78 is 0. The van der Waals surface area contributed by atoms with Gasteiger partial charge in [-0.25, -0.2) is 0 Å². The third-order valence-electron chi connectivity index (χ3n) is 2.61. The lowest BCUT2D eigenvalue weighted by molar-refractivity contribution is 0.282. The molecule has 0 aliphatic rings.